The van der Waals surface area contributed by atoms with Crippen LogP contribution in [-0.4, -0.2) is 23.5 Å². The van der Waals surface area contributed by atoms with Crippen LogP contribution in [0.4, 0.5) is 5.69 Å². The summed E-state index contributed by atoms with van der Waals surface area (Å²) in [6.45, 7) is 6.02. The first-order chi connectivity index (χ1) is 12.2. The van der Waals surface area contributed by atoms with Crippen LogP contribution < -0.4 is 5.32 Å². The average Bonchev–Trinajstić information content (AvgIpc) is 3.48. The molecular formula is C21H29N3O. The van der Waals surface area contributed by atoms with E-state index >= 15 is 0 Å². The van der Waals surface area contributed by atoms with E-state index in [-0.39, 0.29) is 0 Å². The summed E-state index contributed by atoms with van der Waals surface area (Å²) in [6.07, 6.45) is 3.31. The normalized spacial score (nSPS) is 11.7. The van der Waals surface area contributed by atoms with Gasteiger partial charge in [0.05, 0.1) is 5.52 Å². The molecule has 3 aromatic rings. The Morgan fingerprint density at radius 3 is 2.08 bits per heavy atom. The van der Waals surface area contributed by atoms with E-state index in [0.717, 1.165) is 36.0 Å². The van der Waals surface area contributed by atoms with Crippen molar-refractivity contribution in [3.05, 3.63) is 60.3 Å². The maximum Gasteiger partial charge on any atom is 0.123 e. The molecule has 0 atom stereocenters. The Kier molecular flexibility index (Phi) is 9.68. The molecule has 0 radical (unpaired) electrons. The highest BCUT2D eigenvalue weighted by Crippen LogP contribution is 2.25. The van der Waals surface area contributed by atoms with Crippen LogP contribution >= 0.6 is 0 Å². The van der Waals surface area contributed by atoms with Crippen LogP contribution in [0.1, 0.15) is 32.4 Å². The summed E-state index contributed by atoms with van der Waals surface area (Å²) >= 11 is 0. The van der Waals surface area contributed by atoms with Crippen molar-refractivity contribution in [1.29, 1.82) is 0 Å². The number of nitrogens with zero attached hydrogens (tertiary/aromatic N) is 1. The summed E-state index contributed by atoms with van der Waals surface area (Å²) in [5.74, 6) is 0.454. The molecular weight excluding hydrogens is 310 g/mol. The van der Waals surface area contributed by atoms with Crippen LogP contribution in [0, 0.1) is 12.8 Å². The van der Waals surface area contributed by atoms with Gasteiger partial charge in [-0.2, -0.15) is 5.10 Å². The van der Waals surface area contributed by atoms with Crippen LogP contribution in [0.2, 0.25) is 0 Å². The fourth-order valence-electron chi connectivity index (χ4n) is 1.93. The number of anilines is 1. The number of aryl methyl sites for hydroxylation is 1. The van der Waals surface area contributed by atoms with Gasteiger partial charge in [-0.15, -0.1) is 0 Å². The van der Waals surface area contributed by atoms with Crippen LogP contribution in [-0.2, 0) is 4.79 Å². The van der Waals surface area contributed by atoms with Gasteiger partial charge in [-0.3, -0.25) is 5.10 Å². The highest BCUT2D eigenvalue weighted by Gasteiger charge is 2.18. The fraction of sp³-hybridized carbons (Fsp3) is 0.333. The van der Waals surface area contributed by atoms with Gasteiger partial charge in [0.25, 0.3) is 0 Å². The number of hydrogen-bond acceptors (Lipinski definition) is 3. The zero-order valence-corrected chi connectivity index (χ0v) is 15.6. The third kappa shape index (κ3) is 7.66. The van der Waals surface area contributed by atoms with Crippen molar-refractivity contribution in [2.45, 2.75) is 33.6 Å². The standard InChI is InChI=1S/C8H8N2.C7H9N.C4H6O.C2H6/c1-6-7-4-2-3-5-8(7)10-9-6;1-8-7-5-3-2-4-6-7;5-3-4-1-2-4;1-2/h2-5H,1H3,(H,9,10);2-6,8H,1H3;3-4H,1-2H2;1-2H3. The molecule has 2 N–H and O–H groups in total. The fourth-order valence-corrected chi connectivity index (χ4v) is 1.93. The lowest BCUT2D eigenvalue weighted by Gasteiger charge is -1.94. The van der Waals surface area contributed by atoms with Gasteiger partial charge < -0.3 is 10.1 Å². The molecule has 4 rings (SSSR count). The lowest BCUT2D eigenvalue weighted by Crippen LogP contribution is -1.84. The van der Waals surface area contributed by atoms with Gasteiger partial charge in [0.15, 0.2) is 0 Å². The van der Waals surface area contributed by atoms with Gasteiger partial charge >= 0.3 is 0 Å². The van der Waals surface area contributed by atoms with Crippen molar-refractivity contribution >= 4 is 22.9 Å². The van der Waals surface area contributed by atoms with Gasteiger partial charge in [-0.1, -0.05) is 50.2 Å². The maximum absolute atomic E-state index is 9.57. The number of H-pyrrole nitrogens is 1. The van der Waals surface area contributed by atoms with Crippen LogP contribution in [0.15, 0.2) is 54.6 Å². The van der Waals surface area contributed by atoms with E-state index in [4.69, 9.17) is 0 Å². The first-order valence-corrected chi connectivity index (χ1v) is 8.82. The number of hydrogen-bond donors (Lipinski definition) is 2. The van der Waals surface area contributed by atoms with E-state index in [1.807, 2.05) is 76.3 Å². The number of aromatic amines is 1. The summed E-state index contributed by atoms with van der Waals surface area (Å²) in [4.78, 5) is 9.57. The molecule has 0 amide bonds. The first kappa shape index (κ1) is 20.4. The first-order valence-electron chi connectivity index (χ1n) is 8.82. The quantitative estimate of drug-likeness (QED) is 0.629. The highest BCUT2D eigenvalue weighted by atomic mass is 16.1. The molecule has 1 aliphatic carbocycles. The zero-order chi connectivity index (χ0) is 18.5. The molecule has 4 heteroatoms. The van der Waals surface area contributed by atoms with Crippen molar-refractivity contribution in [3.8, 4) is 0 Å². The lowest BCUT2D eigenvalue weighted by atomic mass is 10.2. The largest absolute Gasteiger partial charge is 0.388 e. The highest BCUT2D eigenvalue weighted by molar-refractivity contribution is 5.80. The Hall–Kier alpha value is -2.62. The van der Waals surface area contributed by atoms with Crippen LogP contribution in [0.5, 0.6) is 0 Å². The van der Waals surface area contributed by atoms with E-state index in [2.05, 4.69) is 21.6 Å². The van der Waals surface area contributed by atoms with E-state index < -0.39 is 0 Å². The average molecular weight is 339 g/mol. The second-order valence-corrected chi connectivity index (χ2v) is 5.46. The summed E-state index contributed by atoms with van der Waals surface area (Å²) in [5.41, 5.74) is 3.34. The van der Waals surface area contributed by atoms with E-state index in [0.29, 0.717) is 5.92 Å². The number of aldehydes is 1. The lowest BCUT2D eigenvalue weighted by molar-refractivity contribution is -0.108. The molecule has 0 aliphatic heterocycles. The maximum atomic E-state index is 9.57. The van der Waals surface area contributed by atoms with Gasteiger partial charge in [0, 0.05) is 29.7 Å². The van der Waals surface area contributed by atoms with E-state index in [9.17, 15) is 4.79 Å². The Labute approximate surface area is 150 Å². The Morgan fingerprint density at radius 2 is 1.64 bits per heavy atom. The second kappa shape index (κ2) is 11.8. The van der Waals surface area contributed by atoms with Crippen molar-refractivity contribution < 1.29 is 4.79 Å². The number of para-hydroxylation sites is 2. The number of rotatable bonds is 2. The van der Waals surface area contributed by atoms with Crippen LogP contribution in [0.3, 0.4) is 0 Å². The van der Waals surface area contributed by atoms with Crippen molar-refractivity contribution in [2.75, 3.05) is 12.4 Å². The molecule has 0 saturated heterocycles. The third-order valence-electron chi connectivity index (χ3n) is 3.53. The molecule has 2 aromatic carbocycles. The molecule has 1 saturated carbocycles. The Morgan fingerprint density at radius 1 is 1.04 bits per heavy atom. The predicted octanol–water partition coefficient (Wildman–Crippen LogP) is 5.22. The Bertz CT molecular complexity index is 718. The minimum Gasteiger partial charge on any atom is -0.388 e. The van der Waals surface area contributed by atoms with E-state index in [1.54, 1.807) is 0 Å². The molecule has 1 aromatic heterocycles. The number of carbonyl (C=O) groups excluding carboxylic acids is 1. The summed E-state index contributed by atoms with van der Waals surface area (Å²) in [6, 6.07) is 18.1. The van der Waals surface area contributed by atoms with Gasteiger partial charge in [-0.25, -0.2) is 0 Å². The molecule has 1 heterocycles. The van der Waals surface area contributed by atoms with E-state index in [1.165, 1.54) is 5.39 Å². The number of benzene rings is 2. The van der Waals surface area contributed by atoms with Crippen molar-refractivity contribution in [3.63, 3.8) is 0 Å². The molecule has 0 bridgehead atoms. The second-order valence-electron chi connectivity index (χ2n) is 5.46. The minimum atomic E-state index is 0.454. The molecule has 134 valence electrons. The molecule has 0 spiro atoms. The number of aromatic nitrogens is 2. The Balaban J connectivity index is 0.000000187. The number of fused-ring (bicyclic) bond motifs is 1. The topological polar surface area (TPSA) is 57.8 Å². The molecule has 25 heavy (non-hydrogen) atoms. The van der Waals surface area contributed by atoms with Crippen molar-refractivity contribution in [1.82, 2.24) is 10.2 Å². The summed E-state index contributed by atoms with van der Waals surface area (Å²) in [7, 11) is 1.91. The SMILES string of the molecule is CC.CNc1ccccc1.Cc1[nH]nc2ccccc12.O=CC1CC1. The summed E-state index contributed by atoms with van der Waals surface area (Å²) < 4.78 is 0. The number of carbonyl (C=O) groups is 1. The smallest absolute Gasteiger partial charge is 0.123 e. The number of nitrogens with one attached hydrogen (secondary N) is 2. The van der Waals surface area contributed by atoms with Gasteiger partial charge in [-0.05, 0) is 38.0 Å². The van der Waals surface area contributed by atoms with Gasteiger partial charge in [0.1, 0.15) is 6.29 Å². The predicted molar refractivity (Wildman–Crippen MR) is 107 cm³/mol. The molecule has 0 unspecified atom stereocenters. The van der Waals surface area contributed by atoms with Crippen molar-refractivity contribution in [2.24, 2.45) is 5.92 Å². The summed E-state index contributed by atoms with van der Waals surface area (Å²) in [5, 5.41) is 11.3. The van der Waals surface area contributed by atoms with Crippen LogP contribution in [0.25, 0.3) is 10.9 Å². The molecule has 1 fully saturated rings. The monoisotopic (exact) mass is 339 g/mol. The third-order valence-corrected chi connectivity index (χ3v) is 3.53. The molecule has 1 aliphatic rings. The molecule has 4 nitrogen and oxygen atoms in total. The zero-order valence-electron chi connectivity index (χ0n) is 15.6. The van der Waals surface area contributed by atoms with Gasteiger partial charge in [0.2, 0.25) is 0 Å². The minimum absolute atomic E-state index is 0.454.